The van der Waals surface area contributed by atoms with Gasteiger partial charge in [0.2, 0.25) is 0 Å². The van der Waals surface area contributed by atoms with Gasteiger partial charge in [0.1, 0.15) is 6.61 Å². The molecule has 0 bridgehead atoms. The number of benzene rings is 2. The SMILES string of the molecule is CCn1c(/C=C/Nc2ccccc2)[n+](CC)c2ccc(C(=O)OCCC(F)(F)F)cc21. The van der Waals surface area contributed by atoms with Gasteiger partial charge < -0.3 is 10.1 Å². The fourth-order valence-corrected chi connectivity index (χ4v) is 3.42. The summed E-state index contributed by atoms with van der Waals surface area (Å²) >= 11 is 0. The van der Waals surface area contributed by atoms with Crippen molar-refractivity contribution in [2.45, 2.75) is 39.5 Å². The zero-order chi connectivity index (χ0) is 22.4. The topological polar surface area (TPSA) is 47.1 Å². The molecule has 0 spiro atoms. The third-order valence-corrected chi connectivity index (χ3v) is 4.85. The number of fused-ring (bicyclic) bond motifs is 1. The summed E-state index contributed by atoms with van der Waals surface area (Å²) in [7, 11) is 0. The van der Waals surface area contributed by atoms with Crippen molar-refractivity contribution in [1.82, 2.24) is 4.57 Å². The van der Waals surface area contributed by atoms with Gasteiger partial charge in [-0.3, -0.25) is 0 Å². The highest BCUT2D eigenvalue weighted by molar-refractivity contribution is 5.93. The number of alkyl halides is 3. The highest BCUT2D eigenvalue weighted by Crippen LogP contribution is 2.21. The van der Waals surface area contributed by atoms with Crippen molar-refractivity contribution in [3.05, 3.63) is 66.1 Å². The van der Waals surface area contributed by atoms with Gasteiger partial charge in [0.05, 0.1) is 25.1 Å². The van der Waals surface area contributed by atoms with Crippen LogP contribution < -0.4 is 9.88 Å². The van der Waals surface area contributed by atoms with Crippen molar-refractivity contribution in [2.75, 3.05) is 11.9 Å². The first-order valence-electron chi connectivity index (χ1n) is 10.1. The molecule has 0 saturated heterocycles. The van der Waals surface area contributed by atoms with Crippen LogP contribution in [0.25, 0.3) is 17.1 Å². The van der Waals surface area contributed by atoms with Gasteiger partial charge in [-0.1, -0.05) is 18.2 Å². The molecule has 2 aromatic carbocycles. The van der Waals surface area contributed by atoms with Gasteiger partial charge >= 0.3 is 12.1 Å². The van der Waals surface area contributed by atoms with E-state index in [1.807, 2.05) is 56.5 Å². The number of esters is 1. The van der Waals surface area contributed by atoms with Gasteiger partial charge in [0.15, 0.2) is 11.0 Å². The second-order valence-electron chi connectivity index (χ2n) is 6.90. The fourth-order valence-electron chi connectivity index (χ4n) is 3.42. The van der Waals surface area contributed by atoms with Gasteiger partial charge in [0, 0.05) is 24.0 Å². The monoisotopic (exact) mass is 432 g/mol. The van der Waals surface area contributed by atoms with E-state index in [1.165, 1.54) is 0 Å². The minimum Gasteiger partial charge on any atom is -0.462 e. The Balaban J connectivity index is 1.88. The van der Waals surface area contributed by atoms with E-state index < -0.39 is 25.2 Å². The van der Waals surface area contributed by atoms with Crippen molar-refractivity contribution in [3.8, 4) is 0 Å². The van der Waals surface area contributed by atoms with Gasteiger partial charge in [-0.05, 0) is 38.1 Å². The van der Waals surface area contributed by atoms with Gasteiger partial charge in [-0.15, -0.1) is 0 Å². The zero-order valence-corrected chi connectivity index (χ0v) is 17.4. The number of carbonyl (C=O) groups is 1. The van der Waals surface area contributed by atoms with E-state index in [9.17, 15) is 18.0 Å². The molecule has 0 aliphatic heterocycles. The number of aryl methyl sites for hydroxylation is 2. The summed E-state index contributed by atoms with van der Waals surface area (Å²) in [5.41, 5.74) is 2.93. The van der Waals surface area contributed by atoms with Crippen LogP contribution in [0.3, 0.4) is 0 Å². The molecule has 31 heavy (non-hydrogen) atoms. The molecule has 1 N–H and O–H groups in total. The number of nitrogens with one attached hydrogen (secondary N) is 1. The Morgan fingerprint density at radius 2 is 1.90 bits per heavy atom. The van der Waals surface area contributed by atoms with E-state index in [-0.39, 0.29) is 5.56 Å². The molecule has 0 saturated carbocycles. The summed E-state index contributed by atoms with van der Waals surface area (Å²) in [6.07, 6.45) is -1.70. The summed E-state index contributed by atoms with van der Waals surface area (Å²) < 4.78 is 45.9. The molecule has 3 rings (SSSR count). The van der Waals surface area contributed by atoms with E-state index in [1.54, 1.807) is 18.2 Å². The summed E-state index contributed by atoms with van der Waals surface area (Å²) in [4.78, 5) is 12.2. The third-order valence-electron chi connectivity index (χ3n) is 4.85. The predicted octanol–water partition coefficient (Wildman–Crippen LogP) is 5.16. The Kier molecular flexibility index (Phi) is 6.99. The molecule has 0 atom stereocenters. The lowest BCUT2D eigenvalue weighted by Gasteiger charge is -2.07. The predicted molar refractivity (Wildman–Crippen MR) is 114 cm³/mol. The molecule has 0 unspecified atom stereocenters. The molecule has 0 amide bonds. The summed E-state index contributed by atoms with van der Waals surface area (Å²) in [6.45, 7) is 4.70. The largest absolute Gasteiger partial charge is 0.462 e. The van der Waals surface area contributed by atoms with E-state index in [4.69, 9.17) is 4.74 Å². The Hall–Kier alpha value is -3.29. The first kappa shape index (κ1) is 22.4. The van der Waals surface area contributed by atoms with Crippen LogP contribution in [-0.4, -0.2) is 23.3 Å². The van der Waals surface area contributed by atoms with Crippen LogP contribution in [0.5, 0.6) is 0 Å². The number of carbonyl (C=O) groups excluding carboxylic acids is 1. The van der Waals surface area contributed by atoms with E-state index in [0.29, 0.717) is 13.1 Å². The number of imidazole rings is 1. The molecule has 0 aliphatic carbocycles. The Bertz CT molecular complexity index is 1070. The minimum atomic E-state index is -4.36. The van der Waals surface area contributed by atoms with Crippen LogP contribution in [0.2, 0.25) is 0 Å². The molecule has 0 fully saturated rings. The number of ether oxygens (including phenoxy) is 1. The highest BCUT2D eigenvalue weighted by Gasteiger charge is 2.28. The van der Waals surface area contributed by atoms with Crippen LogP contribution in [0, 0.1) is 0 Å². The maximum Gasteiger partial charge on any atom is 0.392 e. The maximum atomic E-state index is 12.3. The van der Waals surface area contributed by atoms with Crippen molar-refractivity contribution in [3.63, 3.8) is 0 Å². The number of halogens is 3. The molecule has 3 aromatic rings. The number of nitrogens with zero attached hydrogens (tertiary/aromatic N) is 2. The van der Waals surface area contributed by atoms with E-state index in [0.717, 1.165) is 22.5 Å². The number of hydrogen-bond acceptors (Lipinski definition) is 3. The van der Waals surface area contributed by atoms with Crippen molar-refractivity contribution < 1.29 is 27.3 Å². The molecule has 1 aromatic heterocycles. The number of rotatable bonds is 8. The van der Waals surface area contributed by atoms with Crippen LogP contribution in [-0.2, 0) is 17.8 Å². The normalized spacial score (nSPS) is 11.9. The first-order chi connectivity index (χ1) is 14.8. The number of para-hydroxylation sites is 1. The Morgan fingerprint density at radius 3 is 2.55 bits per heavy atom. The molecule has 0 aliphatic rings. The quantitative estimate of drug-likeness (QED) is 0.395. The second-order valence-corrected chi connectivity index (χ2v) is 6.90. The summed E-state index contributed by atoms with van der Waals surface area (Å²) in [5.74, 6) is 0.173. The lowest BCUT2D eigenvalue weighted by atomic mass is 10.2. The molecule has 5 nitrogen and oxygen atoms in total. The maximum absolute atomic E-state index is 12.3. The van der Waals surface area contributed by atoms with Crippen molar-refractivity contribution in [2.24, 2.45) is 0 Å². The molecule has 8 heteroatoms. The zero-order valence-electron chi connectivity index (χ0n) is 17.4. The number of aromatic nitrogens is 2. The highest BCUT2D eigenvalue weighted by atomic mass is 19.4. The molecule has 1 heterocycles. The smallest absolute Gasteiger partial charge is 0.392 e. The van der Waals surface area contributed by atoms with Crippen LogP contribution in [0.15, 0.2) is 54.7 Å². The average molecular weight is 432 g/mol. The van der Waals surface area contributed by atoms with Gasteiger partial charge in [0.25, 0.3) is 5.82 Å². The molecular weight excluding hydrogens is 407 g/mol. The van der Waals surface area contributed by atoms with Crippen molar-refractivity contribution in [1.29, 1.82) is 0 Å². The molecule has 0 radical (unpaired) electrons. The van der Waals surface area contributed by atoms with Crippen LogP contribution in [0.4, 0.5) is 18.9 Å². The lowest BCUT2D eigenvalue weighted by Crippen LogP contribution is -2.35. The third kappa shape index (κ3) is 5.45. The second kappa shape index (κ2) is 9.68. The van der Waals surface area contributed by atoms with Crippen LogP contribution in [0.1, 0.15) is 36.5 Å². The standard InChI is InChI=1S/C23H24F3N3O2/c1-3-28-19-11-10-17(22(30)31-15-13-23(24,25)26)16-20(19)29(4-2)21(28)12-14-27-18-8-6-5-7-9-18/h5-12,14,16H,3-4,13,15H2,1-2H3/p+1. The average Bonchev–Trinajstić information content (AvgIpc) is 3.05. The first-order valence-corrected chi connectivity index (χ1v) is 10.1. The Morgan fingerprint density at radius 1 is 1.16 bits per heavy atom. The van der Waals surface area contributed by atoms with E-state index >= 15 is 0 Å². The van der Waals surface area contributed by atoms with Gasteiger partial charge in [-0.2, -0.15) is 13.2 Å². The minimum absolute atomic E-state index is 0.225. The van der Waals surface area contributed by atoms with Gasteiger partial charge in [-0.25, -0.2) is 13.9 Å². The van der Waals surface area contributed by atoms with Crippen molar-refractivity contribution >= 4 is 28.8 Å². The van der Waals surface area contributed by atoms with Crippen LogP contribution >= 0.6 is 0 Å². The number of anilines is 1. The molecular formula is C23H25F3N3O2+. The molecule has 164 valence electrons. The lowest BCUT2D eigenvalue weighted by molar-refractivity contribution is -0.670. The number of hydrogen-bond donors (Lipinski definition) is 1. The Labute approximate surface area is 178 Å². The summed E-state index contributed by atoms with van der Waals surface area (Å²) in [5, 5.41) is 3.23. The van der Waals surface area contributed by atoms with E-state index in [2.05, 4.69) is 14.5 Å². The fraction of sp³-hybridized carbons (Fsp3) is 0.304. The summed E-state index contributed by atoms with van der Waals surface area (Å²) in [6, 6.07) is 14.8.